The maximum atomic E-state index is 11.3. The molecule has 7 rings (SSSR count). The van der Waals surface area contributed by atoms with Gasteiger partial charge in [-0.25, -0.2) is 0 Å². The Morgan fingerprint density at radius 1 is 1.03 bits per heavy atom. The van der Waals surface area contributed by atoms with E-state index in [1.54, 1.807) is 0 Å². The Morgan fingerprint density at radius 3 is 2.67 bits per heavy atom. The van der Waals surface area contributed by atoms with Crippen LogP contribution in [0.2, 0.25) is 0 Å². The summed E-state index contributed by atoms with van der Waals surface area (Å²) in [4.78, 5) is 5.81. The number of benzene rings is 1. The average Bonchev–Trinajstić information content (AvgIpc) is 3.39. The van der Waals surface area contributed by atoms with Gasteiger partial charge in [0, 0.05) is 35.7 Å². The van der Waals surface area contributed by atoms with Crippen molar-refractivity contribution in [2.45, 2.75) is 86.2 Å². The maximum Gasteiger partial charge on any atom is 0.0958 e. The topological polar surface area (TPSA) is 65.8 Å². The highest BCUT2D eigenvalue weighted by Crippen LogP contribution is 2.73. The molecule has 2 N–H and O–H groups in total. The summed E-state index contributed by atoms with van der Waals surface area (Å²) in [5.74, 6) is 0.186. The molecule has 4 fully saturated rings. The fraction of sp³-hybridized carbons (Fsp3) is 0.633. The smallest absolute Gasteiger partial charge is 0.0958 e. The van der Waals surface area contributed by atoms with Crippen molar-refractivity contribution in [2.75, 3.05) is 14.1 Å². The lowest BCUT2D eigenvalue weighted by atomic mass is 9.52. The molecule has 0 radical (unpaired) electrons. The number of fused-ring (bicyclic) bond motifs is 2. The van der Waals surface area contributed by atoms with Crippen molar-refractivity contribution in [3.63, 3.8) is 0 Å². The van der Waals surface area contributed by atoms with E-state index < -0.39 is 28.3 Å². The molecule has 0 amide bonds. The van der Waals surface area contributed by atoms with Crippen molar-refractivity contribution in [3.8, 4) is 0 Å². The van der Waals surface area contributed by atoms with E-state index in [9.17, 15) is 10.2 Å². The van der Waals surface area contributed by atoms with Crippen molar-refractivity contribution < 1.29 is 14.9 Å². The molecule has 2 spiro atoms. The summed E-state index contributed by atoms with van der Waals surface area (Å²) >= 11 is 7.63. The first kappa shape index (κ1) is 23.6. The number of alkyl halides is 1. The summed E-state index contributed by atoms with van der Waals surface area (Å²) in [5, 5.41) is 24.7. The van der Waals surface area contributed by atoms with Gasteiger partial charge in [-0.2, -0.15) is 0 Å². The van der Waals surface area contributed by atoms with Crippen LogP contribution in [-0.2, 0) is 4.74 Å². The molecule has 3 aliphatic carbocycles. The first-order chi connectivity index (χ1) is 17.1. The second-order valence-electron chi connectivity index (χ2n) is 12.8. The summed E-state index contributed by atoms with van der Waals surface area (Å²) in [6.45, 7) is 2.43. The number of rotatable bonds is 2. The SMILES string of the molecule is CN(C)C1CC23CCC4(O2)C2CC=C(c5ccc6cnccc6c5)C2(C)CCC4(Cl)CC3C(O)C1O. The highest BCUT2D eigenvalue weighted by atomic mass is 35.5. The number of hydrogen-bond donors (Lipinski definition) is 2. The largest absolute Gasteiger partial charge is 0.390 e. The van der Waals surface area contributed by atoms with Crippen LogP contribution in [0.3, 0.4) is 0 Å². The fourth-order valence-corrected chi connectivity index (χ4v) is 9.79. The first-order valence-corrected chi connectivity index (χ1v) is 14.0. The van der Waals surface area contributed by atoms with Gasteiger partial charge in [-0.3, -0.25) is 4.98 Å². The Bertz CT molecular complexity index is 1270. The molecule has 6 heteroatoms. The normalized spacial score (nSPS) is 47.4. The van der Waals surface area contributed by atoms with Crippen LogP contribution in [-0.4, -0.2) is 68.5 Å². The maximum absolute atomic E-state index is 11.3. The molecule has 5 nitrogen and oxygen atoms in total. The Morgan fingerprint density at radius 2 is 1.86 bits per heavy atom. The third-order valence-corrected chi connectivity index (χ3v) is 11.8. The monoisotopic (exact) mass is 508 g/mol. The van der Waals surface area contributed by atoms with E-state index in [1.807, 2.05) is 31.4 Å². The second-order valence-corrected chi connectivity index (χ2v) is 13.5. The van der Waals surface area contributed by atoms with E-state index in [1.165, 1.54) is 16.5 Å². The molecular weight excluding hydrogens is 472 g/mol. The Balaban J connectivity index is 1.27. The minimum absolute atomic E-state index is 0.00872. The molecule has 9 atom stereocenters. The van der Waals surface area contributed by atoms with E-state index in [4.69, 9.17) is 16.3 Å². The minimum atomic E-state index is -0.810. The van der Waals surface area contributed by atoms with Crippen LogP contribution < -0.4 is 0 Å². The molecule has 192 valence electrons. The lowest BCUT2D eigenvalue weighted by Crippen LogP contribution is -2.72. The Labute approximate surface area is 218 Å². The third kappa shape index (κ3) is 2.84. The lowest BCUT2D eigenvalue weighted by molar-refractivity contribution is -0.276. The zero-order chi connectivity index (χ0) is 25.1. The van der Waals surface area contributed by atoms with Crippen LogP contribution in [0.25, 0.3) is 16.3 Å². The molecule has 2 aromatic rings. The van der Waals surface area contributed by atoms with Crippen molar-refractivity contribution >= 4 is 27.9 Å². The highest BCUT2D eigenvalue weighted by molar-refractivity contribution is 6.25. The summed E-state index contributed by atoms with van der Waals surface area (Å²) in [6, 6.07) is 8.72. The molecule has 2 bridgehead atoms. The van der Waals surface area contributed by atoms with Gasteiger partial charge in [0.05, 0.1) is 28.3 Å². The van der Waals surface area contributed by atoms with Crippen LogP contribution in [0.4, 0.5) is 0 Å². The zero-order valence-electron chi connectivity index (χ0n) is 21.5. The molecule has 9 unspecified atom stereocenters. The molecule has 2 aliphatic heterocycles. The average molecular weight is 509 g/mol. The predicted molar refractivity (Wildman–Crippen MR) is 142 cm³/mol. The van der Waals surface area contributed by atoms with Gasteiger partial charge in [0.2, 0.25) is 0 Å². The molecular formula is C30H37ClN2O3. The van der Waals surface area contributed by atoms with Gasteiger partial charge in [0.15, 0.2) is 0 Å². The van der Waals surface area contributed by atoms with Crippen LogP contribution in [0.5, 0.6) is 0 Å². The summed E-state index contributed by atoms with van der Waals surface area (Å²) < 4.78 is 7.34. The molecule has 1 aromatic heterocycles. The number of aromatic nitrogens is 1. The Hall–Kier alpha value is -1.50. The van der Waals surface area contributed by atoms with E-state index in [-0.39, 0.29) is 17.4 Å². The van der Waals surface area contributed by atoms with Gasteiger partial charge < -0.3 is 19.8 Å². The first-order valence-electron chi connectivity index (χ1n) is 13.6. The summed E-state index contributed by atoms with van der Waals surface area (Å²) in [5.41, 5.74) is 1.89. The van der Waals surface area contributed by atoms with Crippen LogP contribution in [0.1, 0.15) is 57.4 Å². The van der Waals surface area contributed by atoms with E-state index >= 15 is 0 Å². The number of hydrogen-bond acceptors (Lipinski definition) is 5. The number of allylic oxidation sites excluding steroid dienone is 2. The van der Waals surface area contributed by atoms with E-state index in [2.05, 4.69) is 42.2 Å². The molecule has 1 aromatic carbocycles. The molecule has 5 aliphatic rings. The van der Waals surface area contributed by atoms with Gasteiger partial charge in [-0.05, 0) is 93.1 Å². The van der Waals surface area contributed by atoms with Crippen molar-refractivity contribution in [1.29, 1.82) is 0 Å². The number of aliphatic hydroxyl groups is 2. The fourth-order valence-electron chi connectivity index (χ4n) is 9.26. The number of nitrogens with zero attached hydrogens (tertiary/aromatic N) is 2. The highest BCUT2D eigenvalue weighted by Gasteiger charge is 2.76. The lowest BCUT2D eigenvalue weighted by Gasteiger charge is -2.65. The summed E-state index contributed by atoms with van der Waals surface area (Å²) in [6.07, 6.45) is 10.8. The third-order valence-electron chi connectivity index (χ3n) is 11.2. The molecule has 2 saturated heterocycles. The van der Waals surface area contributed by atoms with Gasteiger partial charge in [0.25, 0.3) is 0 Å². The number of pyridine rings is 1. The van der Waals surface area contributed by atoms with E-state index in [0.29, 0.717) is 5.92 Å². The predicted octanol–water partition coefficient (Wildman–Crippen LogP) is 4.78. The van der Waals surface area contributed by atoms with Gasteiger partial charge in [-0.15, -0.1) is 11.6 Å². The quantitative estimate of drug-likeness (QED) is 0.571. The second kappa shape index (κ2) is 7.54. The molecule has 36 heavy (non-hydrogen) atoms. The number of likely N-dealkylation sites (N-methyl/N-ethyl adjacent to an activating group) is 1. The van der Waals surface area contributed by atoms with Crippen LogP contribution in [0, 0.1) is 17.3 Å². The van der Waals surface area contributed by atoms with Gasteiger partial charge in [-0.1, -0.05) is 25.1 Å². The van der Waals surface area contributed by atoms with Crippen molar-refractivity contribution in [1.82, 2.24) is 9.88 Å². The van der Waals surface area contributed by atoms with Crippen molar-refractivity contribution in [2.24, 2.45) is 17.3 Å². The molecule has 3 heterocycles. The number of aliphatic hydroxyl groups excluding tert-OH is 2. The zero-order valence-corrected chi connectivity index (χ0v) is 22.2. The van der Waals surface area contributed by atoms with Gasteiger partial charge >= 0.3 is 0 Å². The van der Waals surface area contributed by atoms with Crippen molar-refractivity contribution in [3.05, 3.63) is 48.3 Å². The summed E-state index contributed by atoms with van der Waals surface area (Å²) in [7, 11) is 3.98. The minimum Gasteiger partial charge on any atom is -0.390 e. The number of ether oxygens (including phenoxy) is 1. The Kier molecular flexibility index (Phi) is 4.94. The standard InChI is InChI=1S/C30H37ClN2O3/c1-27-9-11-29(31)15-22-25(34)26(35)23(33(2)3)16-28(22)10-12-30(29,36-28)24(27)7-6-21(27)19-4-5-20-17-32-13-8-18(20)14-19/h4-6,8,13-14,17,22-26,34-35H,7,9-12,15-16H2,1-3H3. The van der Waals surface area contributed by atoms with Crippen LogP contribution in [0.15, 0.2) is 42.7 Å². The number of halogens is 1. The van der Waals surface area contributed by atoms with Gasteiger partial charge in [0.1, 0.15) is 0 Å². The van der Waals surface area contributed by atoms with E-state index in [0.717, 1.165) is 50.3 Å². The molecule has 2 saturated carbocycles. The van der Waals surface area contributed by atoms with Crippen LogP contribution >= 0.6 is 11.6 Å².